The third-order valence-corrected chi connectivity index (χ3v) is 7.53. The lowest BCUT2D eigenvalue weighted by molar-refractivity contribution is 0.0469. The topological polar surface area (TPSA) is 58.6 Å². The van der Waals surface area contributed by atoms with Gasteiger partial charge in [-0.1, -0.05) is 60.1 Å². The molecule has 0 unspecified atom stereocenters. The monoisotopic (exact) mass is 504 g/mol. The smallest absolute Gasteiger partial charge is 0.338 e. The van der Waals surface area contributed by atoms with E-state index in [-0.39, 0.29) is 24.1 Å². The van der Waals surface area contributed by atoms with E-state index in [0.29, 0.717) is 16.7 Å². The number of halogens is 1. The molecule has 0 bridgehead atoms. The molecule has 0 aliphatic heterocycles. The first kappa shape index (κ1) is 25.9. The zero-order chi connectivity index (χ0) is 25.5. The number of carbonyl (C=O) groups is 2. The molecule has 0 saturated heterocycles. The number of carbonyl (C=O) groups excluding carboxylic acids is 2. The average molecular weight is 505 g/mol. The van der Waals surface area contributed by atoms with Crippen molar-refractivity contribution >= 4 is 23.5 Å². The van der Waals surface area contributed by atoms with Gasteiger partial charge in [-0.2, -0.15) is 0 Å². The molecule has 4 rings (SSSR count). The van der Waals surface area contributed by atoms with Crippen LogP contribution in [0.25, 0.3) is 0 Å². The number of rotatable bonds is 8. The molecular formula is C30H33ClN2O3. The zero-order valence-electron chi connectivity index (χ0n) is 20.9. The van der Waals surface area contributed by atoms with E-state index in [9.17, 15) is 9.59 Å². The minimum atomic E-state index is -0.404. The third kappa shape index (κ3) is 6.34. The molecule has 1 amide bonds. The van der Waals surface area contributed by atoms with Crippen LogP contribution in [0.4, 0.5) is 0 Å². The van der Waals surface area contributed by atoms with Gasteiger partial charge in [-0.3, -0.25) is 4.79 Å². The van der Waals surface area contributed by atoms with E-state index in [1.807, 2.05) is 36.4 Å². The summed E-state index contributed by atoms with van der Waals surface area (Å²) in [4.78, 5) is 27.9. The Bertz CT molecular complexity index is 1170. The summed E-state index contributed by atoms with van der Waals surface area (Å²) in [5, 5.41) is 3.98. The predicted molar refractivity (Wildman–Crippen MR) is 143 cm³/mol. The molecule has 1 aliphatic rings. The fourth-order valence-corrected chi connectivity index (χ4v) is 5.12. The Morgan fingerprint density at radius 1 is 0.944 bits per heavy atom. The second-order valence-corrected chi connectivity index (χ2v) is 10.2. The van der Waals surface area contributed by atoms with E-state index in [4.69, 9.17) is 16.3 Å². The summed E-state index contributed by atoms with van der Waals surface area (Å²) < 4.78 is 5.48. The Morgan fingerprint density at radius 3 is 2.25 bits per heavy atom. The van der Waals surface area contributed by atoms with Crippen LogP contribution in [-0.2, 0) is 17.8 Å². The number of ether oxygens (including phenoxy) is 1. The molecule has 0 heterocycles. The summed E-state index contributed by atoms with van der Waals surface area (Å²) in [5.74, 6) is -0.528. The molecule has 0 radical (unpaired) electrons. The Kier molecular flexibility index (Phi) is 8.44. The minimum absolute atomic E-state index is 0.0484. The summed E-state index contributed by atoms with van der Waals surface area (Å²) in [6.07, 6.45) is 4.74. The molecule has 1 saturated carbocycles. The Labute approximate surface area is 218 Å². The molecule has 6 heteroatoms. The van der Waals surface area contributed by atoms with E-state index in [1.54, 1.807) is 30.3 Å². The average Bonchev–Trinajstić information content (AvgIpc) is 2.90. The van der Waals surface area contributed by atoms with Gasteiger partial charge in [-0.05, 0) is 82.1 Å². The Hall–Kier alpha value is -3.15. The summed E-state index contributed by atoms with van der Waals surface area (Å²) in [7, 11) is 4.28. The number of likely N-dealkylation sites (N-methyl/N-ethyl adjacent to an activating group) is 1. The van der Waals surface area contributed by atoms with Crippen LogP contribution < -0.4 is 5.32 Å². The van der Waals surface area contributed by atoms with Crippen molar-refractivity contribution in [2.45, 2.75) is 50.3 Å². The van der Waals surface area contributed by atoms with E-state index >= 15 is 0 Å². The quantitative estimate of drug-likeness (QED) is 0.387. The van der Waals surface area contributed by atoms with Crippen LogP contribution in [-0.4, -0.2) is 42.5 Å². The summed E-state index contributed by atoms with van der Waals surface area (Å²) in [6.45, 7) is 0.0484. The van der Waals surface area contributed by atoms with Crippen molar-refractivity contribution in [3.8, 4) is 0 Å². The highest BCUT2D eigenvalue weighted by atomic mass is 35.5. The van der Waals surface area contributed by atoms with Gasteiger partial charge in [0.15, 0.2) is 0 Å². The number of hydrogen-bond donors (Lipinski definition) is 1. The van der Waals surface area contributed by atoms with Gasteiger partial charge in [-0.15, -0.1) is 0 Å². The molecule has 0 atom stereocenters. The summed E-state index contributed by atoms with van der Waals surface area (Å²) in [6, 6.07) is 24.4. The molecule has 1 aliphatic carbocycles. The van der Waals surface area contributed by atoms with E-state index in [2.05, 4.69) is 36.4 Å². The number of esters is 1. The van der Waals surface area contributed by atoms with Crippen LogP contribution in [0.15, 0.2) is 78.9 Å². The Balaban J connectivity index is 1.36. The standard InChI is InChI=1S/C30H33ClN2O3/c1-33(2)30(20-22-12-14-25(31)15-13-22)18-16-26(17-19-30)32-28(34)27-11-7-6-10-24(27)21-36-29(35)23-8-4-3-5-9-23/h3-15,26H,16-21H2,1-2H3,(H,32,34). The van der Waals surface area contributed by atoms with E-state index in [1.165, 1.54) is 5.56 Å². The molecule has 188 valence electrons. The van der Waals surface area contributed by atoms with Crippen LogP contribution in [0.2, 0.25) is 5.02 Å². The lowest BCUT2D eigenvalue weighted by atomic mass is 9.74. The van der Waals surface area contributed by atoms with E-state index in [0.717, 1.165) is 37.1 Å². The second-order valence-electron chi connectivity index (χ2n) is 9.77. The maximum absolute atomic E-state index is 13.2. The molecule has 5 nitrogen and oxygen atoms in total. The van der Waals surface area contributed by atoms with Crippen molar-refractivity contribution in [3.63, 3.8) is 0 Å². The lowest BCUT2D eigenvalue weighted by Crippen LogP contribution is -2.52. The maximum Gasteiger partial charge on any atom is 0.338 e. The van der Waals surface area contributed by atoms with Gasteiger partial charge in [0, 0.05) is 27.7 Å². The highest BCUT2D eigenvalue weighted by Crippen LogP contribution is 2.36. The largest absolute Gasteiger partial charge is 0.457 e. The van der Waals surface area contributed by atoms with Gasteiger partial charge in [0.05, 0.1) is 5.56 Å². The second kappa shape index (κ2) is 11.7. The number of amides is 1. The van der Waals surface area contributed by atoms with Gasteiger partial charge < -0.3 is 15.0 Å². The normalized spacial score (nSPS) is 19.6. The summed E-state index contributed by atoms with van der Waals surface area (Å²) >= 11 is 6.07. The molecule has 1 N–H and O–H groups in total. The first-order valence-corrected chi connectivity index (χ1v) is 12.8. The van der Waals surface area contributed by atoms with Crippen molar-refractivity contribution < 1.29 is 14.3 Å². The van der Waals surface area contributed by atoms with Crippen LogP contribution in [0.3, 0.4) is 0 Å². The van der Waals surface area contributed by atoms with Crippen molar-refractivity contribution in [1.29, 1.82) is 0 Å². The fraction of sp³-hybridized carbons (Fsp3) is 0.333. The predicted octanol–water partition coefficient (Wildman–Crippen LogP) is 5.91. The maximum atomic E-state index is 13.2. The Morgan fingerprint density at radius 2 is 1.58 bits per heavy atom. The molecule has 0 spiro atoms. The van der Waals surface area contributed by atoms with Gasteiger partial charge in [0.25, 0.3) is 5.91 Å². The van der Waals surface area contributed by atoms with E-state index < -0.39 is 5.97 Å². The molecule has 3 aromatic carbocycles. The van der Waals surface area contributed by atoms with Gasteiger partial charge in [-0.25, -0.2) is 4.79 Å². The zero-order valence-corrected chi connectivity index (χ0v) is 21.6. The van der Waals surface area contributed by atoms with Gasteiger partial charge in [0.2, 0.25) is 0 Å². The van der Waals surface area contributed by atoms with Gasteiger partial charge in [0.1, 0.15) is 6.61 Å². The summed E-state index contributed by atoms with van der Waals surface area (Å²) in [5.41, 5.74) is 3.06. The molecule has 36 heavy (non-hydrogen) atoms. The highest BCUT2D eigenvalue weighted by molar-refractivity contribution is 6.30. The number of nitrogens with one attached hydrogen (secondary N) is 1. The highest BCUT2D eigenvalue weighted by Gasteiger charge is 2.37. The van der Waals surface area contributed by atoms with Crippen LogP contribution in [0, 0.1) is 0 Å². The fourth-order valence-electron chi connectivity index (χ4n) is 5.00. The number of nitrogens with zero attached hydrogens (tertiary/aromatic N) is 1. The van der Waals surface area contributed by atoms with Crippen LogP contribution in [0.1, 0.15) is 57.5 Å². The minimum Gasteiger partial charge on any atom is -0.457 e. The first-order chi connectivity index (χ1) is 17.4. The lowest BCUT2D eigenvalue weighted by Gasteiger charge is -2.45. The number of benzene rings is 3. The van der Waals surface area contributed by atoms with Crippen molar-refractivity contribution in [1.82, 2.24) is 10.2 Å². The molecule has 1 fully saturated rings. The van der Waals surface area contributed by atoms with Crippen molar-refractivity contribution in [2.75, 3.05) is 14.1 Å². The van der Waals surface area contributed by atoms with Crippen molar-refractivity contribution in [2.24, 2.45) is 0 Å². The molecular weight excluding hydrogens is 472 g/mol. The third-order valence-electron chi connectivity index (χ3n) is 7.28. The van der Waals surface area contributed by atoms with Crippen LogP contribution >= 0.6 is 11.6 Å². The first-order valence-electron chi connectivity index (χ1n) is 12.4. The number of hydrogen-bond acceptors (Lipinski definition) is 4. The SMILES string of the molecule is CN(C)C1(Cc2ccc(Cl)cc2)CCC(NC(=O)c2ccccc2COC(=O)c2ccccc2)CC1. The molecule has 0 aromatic heterocycles. The van der Waals surface area contributed by atoms with Gasteiger partial charge >= 0.3 is 5.97 Å². The van der Waals surface area contributed by atoms with Crippen molar-refractivity contribution in [3.05, 3.63) is 106 Å². The van der Waals surface area contributed by atoms with Crippen LogP contribution in [0.5, 0.6) is 0 Å². The molecule has 3 aromatic rings.